The van der Waals surface area contributed by atoms with Gasteiger partial charge >= 0.3 is 0 Å². The number of aryl methyl sites for hydroxylation is 1. The van der Waals surface area contributed by atoms with Crippen LogP contribution in [0.2, 0.25) is 5.02 Å². The highest BCUT2D eigenvalue weighted by atomic mass is 35.5. The standard InChI is InChI=1S/C15H15ClN4/c1-4-9(2)15-12-7-11(16)5-6-13(12)20-10(3)18-19-14(20)8-17-15/h4-7H,8H2,1-3H3. The van der Waals surface area contributed by atoms with Crippen molar-refractivity contribution in [2.45, 2.75) is 27.3 Å². The minimum atomic E-state index is 0.521. The summed E-state index contributed by atoms with van der Waals surface area (Å²) in [6.07, 6.45) is 2.06. The van der Waals surface area contributed by atoms with Gasteiger partial charge < -0.3 is 0 Å². The lowest BCUT2D eigenvalue weighted by molar-refractivity contribution is 0.861. The fraction of sp³-hybridized carbons (Fsp3) is 0.267. The van der Waals surface area contributed by atoms with E-state index in [1.807, 2.05) is 36.6 Å². The second-order valence-corrected chi connectivity index (χ2v) is 5.23. The summed E-state index contributed by atoms with van der Waals surface area (Å²) >= 11 is 6.17. The Labute approximate surface area is 122 Å². The Bertz CT molecular complexity index is 740. The molecule has 0 N–H and O–H groups in total. The normalized spacial score (nSPS) is 14.4. The van der Waals surface area contributed by atoms with E-state index in [-0.39, 0.29) is 0 Å². The lowest BCUT2D eigenvalue weighted by Gasteiger charge is -2.12. The number of halogens is 1. The van der Waals surface area contributed by atoms with Gasteiger partial charge in [0.05, 0.1) is 11.4 Å². The van der Waals surface area contributed by atoms with Crippen LogP contribution in [-0.4, -0.2) is 20.5 Å². The molecule has 102 valence electrons. The molecule has 0 amide bonds. The van der Waals surface area contributed by atoms with Gasteiger partial charge in [-0.3, -0.25) is 9.56 Å². The Morgan fingerprint density at radius 1 is 1.35 bits per heavy atom. The maximum Gasteiger partial charge on any atom is 0.159 e. The van der Waals surface area contributed by atoms with Gasteiger partial charge in [0, 0.05) is 10.6 Å². The molecule has 0 saturated heterocycles. The van der Waals surface area contributed by atoms with Gasteiger partial charge in [-0.1, -0.05) is 17.7 Å². The van der Waals surface area contributed by atoms with E-state index in [1.54, 1.807) is 0 Å². The van der Waals surface area contributed by atoms with Crippen LogP contribution >= 0.6 is 11.6 Å². The SMILES string of the molecule is CC=C(C)C1=NCc2nnc(C)n2-c2ccc(Cl)cc21. The Hall–Kier alpha value is -1.94. The van der Waals surface area contributed by atoms with Gasteiger partial charge in [0.25, 0.3) is 0 Å². The van der Waals surface area contributed by atoms with Crippen LogP contribution < -0.4 is 0 Å². The number of hydrogen-bond donors (Lipinski definition) is 0. The Morgan fingerprint density at radius 2 is 2.15 bits per heavy atom. The summed E-state index contributed by atoms with van der Waals surface area (Å²) in [5.41, 5.74) is 4.15. The van der Waals surface area contributed by atoms with Crippen LogP contribution in [0.4, 0.5) is 0 Å². The molecular weight excluding hydrogens is 272 g/mol. The van der Waals surface area contributed by atoms with Crippen LogP contribution in [0, 0.1) is 6.92 Å². The van der Waals surface area contributed by atoms with E-state index in [0.717, 1.165) is 34.2 Å². The van der Waals surface area contributed by atoms with Gasteiger partial charge in [-0.25, -0.2) is 0 Å². The second-order valence-electron chi connectivity index (χ2n) is 4.80. The van der Waals surface area contributed by atoms with Crippen LogP contribution in [-0.2, 0) is 6.54 Å². The number of aliphatic imine (C=N–C) groups is 1. The van der Waals surface area contributed by atoms with Crippen molar-refractivity contribution in [2.24, 2.45) is 4.99 Å². The van der Waals surface area contributed by atoms with E-state index in [1.165, 1.54) is 0 Å². The monoisotopic (exact) mass is 286 g/mol. The number of nitrogens with zero attached hydrogens (tertiary/aromatic N) is 4. The summed E-state index contributed by atoms with van der Waals surface area (Å²) in [4.78, 5) is 4.70. The van der Waals surface area contributed by atoms with Gasteiger partial charge in [0.1, 0.15) is 12.4 Å². The molecule has 1 aliphatic rings. The molecule has 0 spiro atoms. The summed E-state index contributed by atoms with van der Waals surface area (Å²) < 4.78 is 2.05. The van der Waals surface area contributed by atoms with Crippen molar-refractivity contribution < 1.29 is 0 Å². The molecule has 4 nitrogen and oxygen atoms in total. The molecule has 0 unspecified atom stereocenters. The van der Waals surface area contributed by atoms with E-state index in [0.29, 0.717) is 11.6 Å². The third-order valence-electron chi connectivity index (χ3n) is 3.53. The highest BCUT2D eigenvalue weighted by molar-refractivity contribution is 6.31. The lowest BCUT2D eigenvalue weighted by Crippen LogP contribution is -2.08. The summed E-state index contributed by atoms with van der Waals surface area (Å²) in [6.45, 7) is 6.54. The third kappa shape index (κ3) is 1.96. The summed E-state index contributed by atoms with van der Waals surface area (Å²) in [5, 5.41) is 9.06. The molecule has 2 aromatic rings. The number of allylic oxidation sites excluding steroid dienone is 2. The van der Waals surface area contributed by atoms with E-state index in [9.17, 15) is 0 Å². The molecule has 1 aromatic carbocycles. The van der Waals surface area contributed by atoms with Gasteiger partial charge in [-0.05, 0) is 44.5 Å². The number of hydrogen-bond acceptors (Lipinski definition) is 3. The molecule has 1 aromatic heterocycles. The van der Waals surface area contributed by atoms with Crippen LogP contribution in [0.5, 0.6) is 0 Å². The molecule has 2 heterocycles. The minimum Gasteiger partial charge on any atom is -0.281 e. The van der Waals surface area contributed by atoms with Crippen LogP contribution in [0.3, 0.4) is 0 Å². The molecule has 3 rings (SSSR count). The third-order valence-corrected chi connectivity index (χ3v) is 3.77. The largest absolute Gasteiger partial charge is 0.281 e. The fourth-order valence-electron chi connectivity index (χ4n) is 2.42. The zero-order chi connectivity index (χ0) is 14.3. The second kappa shape index (κ2) is 4.87. The first-order valence-electron chi connectivity index (χ1n) is 6.50. The van der Waals surface area contributed by atoms with Crippen LogP contribution in [0.25, 0.3) is 5.69 Å². The number of aromatic nitrogens is 3. The van der Waals surface area contributed by atoms with Gasteiger partial charge in [-0.2, -0.15) is 0 Å². The number of fused-ring (bicyclic) bond motifs is 3. The van der Waals surface area contributed by atoms with Gasteiger partial charge in [0.15, 0.2) is 5.82 Å². The zero-order valence-corrected chi connectivity index (χ0v) is 12.4. The Kier molecular flexibility index (Phi) is 3.18. The zero-order valence-electron chi connectivity index (χ0n) is 11.7. The van der Waals surface area contributed by atoms with Crippen molar-refractivity contribution >= 4 is 17.3 Å². The van der Waals surface area contributed by atoms with Crippen molar-refractivity contribution in [3.63, 3.8) is 0 Å². The minimum absolute atomic E-state index is 0.521. The Balaban J connectivity index is 2.33. The number of rotatable bonds is 1. The summed E-state index contributed by atoms with van der Waals surface area (Å²) in [7, 11) is 0. The number of benzene rings is 1. The predicted octanol–water partition coefficient (Wildman–Crippen LogP) is 3.50. The predicted molar refractivity (Wildman–Crippen MR) is 80.8 cm³/mol. The van der Waals surface area contributed by atoms with Crippen LogP contribution in [0.1, 0.15) is 31.1 Å². The first-order valence-corrected chi connectivity index (χ1v) is 6.88. The molecule has 0 bridgehead atoms. The van der Waals surface area contributed by atoms with Crippen LogP contribution in [0.15, 0.2) is 34.8 Å². The van der Waals surface area contributed by atoms with E-state index < -0.39 is 0 Å². The Morgan fingerprint density at radius 3 is 2.90 bits per heavy atom. The average Bonchev–Trinajstić information content (AvgIpc) is 2.72. The van der Waals surface area contributed by atoms with Crippen molar-refractivity contribution in [2.75, 3.05) is 0 Å². The molecule has 1 aliphatic heterocycles. The molecular formula is C15H15ClN4. The maximum absolute atomic E-state index is 6.17. The van der Waals surface area contributed by atoms with Crippen molar-refractivity contribution in [3.8, 4) is 5.69 Å². The van der Waals surface area contributed by atoms with Gasteiger partial charge in [-0.15, -0.1) is 10.2 Å². The lowest BCUT2D eigenvalue weighted by atomic mass is 10.0. The molecule has 0 fully saturated rings. The molecule has 0 aliphatic carbocycles. The molecule has 0 saturated carbocycles. The summed E-state index contributed by atoms with van der Waals surface area (Å²) in [6, 6.07) is 5.84. The quantitative estimate of drug-likeness (QED) is 0.805. The molecule has 0 radical (unpaired) electrons. The van der Waals surface area contributed by atoms with Gasteiger partial charge in [0.2, 0.25) is 0 Å². The van der Waals surface area contributed by atoms with Crippen molar-refractivity contribution in [1.82, 2.24) is 14.8 Å². The molecule has 20 heavy (non-hydrogen) atoms. The van der Waals surface area contributed by atoms with E-state index >= 15 is 0 Å². The van der Waals surface area contributed by atoms with E-state index in [2.05, 4.69) is 23.2 Å². The smallest absolute Gasteiger partial charge is 0.159 e. The highest BCUT2D eigenvalue weighted by Gasteiger charge is 2.21. The molecule has 5 heteroatoms. The van der Waals surface area contributed by atoms with Crippen molar-refractivity contribution in [3.05, 3.63) is 52.1 Å². The fourth-order valence-corrected chi connectivity index (χ4v) is 2.60. The maximum atomic E-state index is 6.17. The van der Waals surface area contributed by atoms with Crippen molar-refractivity contribution in [1.29, 1.82) is 0 Å². The van der Waals surface area contributed by atoms with E-state index in [4.69, 9.17) is 16.6 Å². The first-order chi connectivity index (χ1) is 9.61. The topological polar surface area (TPSA) is 43.1 Å². The first kappa shape index (κ1) is 13.1. The average molecular weight is 287 g/mol. The molecule has 0 atom stereocenters. The highest BCUT2D eigenvalue weighted by Crippen LogP contribution is 2.27. The summed E-state index contributed by atoms with van der Waals surface area (Å²) in [5.74, 6) is 1.71.